The average Bonchev–Trinajstić information content (AvgIpc) is 3.03. The second kappa shape index (κ2) is 15.0. The predicted octanol–water partition coefficient (Wildman–Crippen LogP) is 6.98. The van der Waals surface area contributed by atoms with Crippen LogP contribution in [0.2, 0.25) is 10.0 Å². The van der Waals surface area contributed by atoms with Gasteiger partial charge in [0.15, 0.2) is 0 Å². The summed E-state index contributed by atoms with van der Waals surface area (Å²) in [5.41, 5.74) is -0.534. The number of carbonyl (C=O) groups is 2. The summed E-state index contributed by atoms with van der Waals surface area (Å²) in [6, 6.07) is 23.6. The molecule has 1 N–H and O–H groups in total. The van der Waals surface area contributed by atoms with Gasteiger partial charge in [0.05, 0.1) is 21.2 Å². The van der Waals surface area contributed by atoms with E-state index in [2.05, 4.69) is 5.32 Å². The van der Waals surface area contributed by atoms with Crippen molar-refractivity contribution in [1.82, 2.24) is 10.2 Å². The number of rotatable bonds is 12. The van der Waals surface area contributed by atoms with Gasteiger partial charge in [-0.15, -0.1) is 0 Å². The zero-order chi connectivity index (χ0) is 33.5. The van der Waals surface area contributed by atoms with Crippen LogP contribution in [0.25, 0.3) is 0 Å². The molecule has 13 heteroatoms. The van der Waals surface area contributed by atoms with Crippen LogP contribution in [-0.2, 0) is 38.8 Å². The van der Waals surface area contributed by atoms with Crippen molar-refractivity contribution in [3.05, 3.63) is 130 Å². The lowest BCUT2D eigenvalue weighted by molar-refractivity contribution is -0.140. The van der Waals surface area contributed by atoms with Gasteiger partial charge in [-0.05, 0) is 54.4 Å². The summed E-state index contributed by atoms with van der Waals surface area (Å²) in [5, 5.41) is 2.70. The molecule has 0 saturated heterocycles. The molecule has 0 aliphatic carbocycles. The SMILES string of the molecule is CCNC(=O)[C@H](Cc1ccccc1)N(Cc1ccccc1Cl)C(=O)CN(c1cc(C(F)(F)F)ccc1Cl)S(=O)(=O)c1ccccc1. The molecule has 0 fully saturated rings. The van der Waals surface area contributed by atoms with Crippen LogP contribution in [0.1, 0.15) is 23.6 Å². The number of alkyl halides is 3. The third-order valence-corrected chi connectivity index (χ3v) is 9.54. The number of sulfonamides is 1. The molecule has 0 unspecified atom stereocenters. The molecule has 0 radical (unpaired) electrons. The van der Waals surface area contributed by atoms with Crippen molar-refractivity contribution in [2.75, 3.05) is 17.4 Å². The van der Waals surface area contributed by atoms with E-state index in [-0.39, 0.29) is 29.4 Å². The van der Waals surface area contributed by atoms with Gasteiger partial charge in [-0.2, -0.15) is 13.2 Å². The van der Waals surface area contributed by atoms with Crippen LogP contribution in [0.4, 0.5) is 18.9 Å². The molecule has 4 aromatic rings. The molecule has 0 spiro atoms. The van der Waals surface area contributed by atoms with Crippen LogP contribution >= 0.6 is 23.2 Å². The minimum absolute atomic E-state index is 0.0542. The number of amides is 2. The Kier molecular flexibility index (Phi) is 11.4. The smallest absolute Gasteiger partial charge is 0.355 e. The number of halogens is 5. The second-order valence-electron chi connectivity index (χ2n) is 10.2. The summed E-state index contributed by atoms with van der Waals surface area (Å²) in [4.78, 5) is 28.8. The van der Waals surface area contributed by atoms with Gasteiger partial charge in [0.1, 0.15) is 12.6 Å². The van der Waals surface area contributed by atoms with E-state index in [1.807, 2.05) is 0 Å². The highest BCUT2D eigenvalue weighted by Crippen LogP contribution is 2.37. The summed E-state index contributed by atoms with van der Waals surface area (Å²) in [6.45, 7) is 0.768. The van der Waals surface area contributed by atoms with E-state index in [9.17, 15) is 31.2 Å². The maximum atomic E-state index is 14.4. The van der Waals surface area contributed by atoms with Gasteiger partial charge in [0.2, 0.25) is 11.8 Å². The summed E-state index contributed by atoms with van der Waals surface area (Å²) in [6.07, 6.45) is -4.78. The van der Waals surface area contributed by atoms with Gasteiger partial charge in [0, 0.05) is 24.5 Å². The van der Waals surface area contributed by atoms with E-state index in [0.29, 0.717) is 26.5 Å². The van der Waals surface area contributed by atoms with Crippen LogP contribution < -0.4 is 9.62 Å². The predicted molar refractivity (Wildman–Crippen MR) is 172 cm³/mol. The molecule has 0 heterocycles. The van der Waals surface area contributed by atoms with Gasteiger partial charge in [0.25, 0.3) is 10.0 Å². The molecule has 1 atom stereocenters. The second-order valence-corrected chi connectivity index (χ2v) is 12.9. The van der Waals surface area contributed by atoms with Crippen LogP contribution in [0, 0.1) is 0 Å². The average molecular weight is 693 g/mol. The molecular formula is C33H30Cl2F3N3O4S. The molecule has 4 rings (SSSR count). The fourth-order valence-electron chi connectivity index (χ4n) is 4.77. The van der Waals surface area contributed by atoms with Gasteiger partial charge < -0.3 is 10.2 Å². The highest BCUT2D eigenvalue weighted by atomic mass is 35.5. The molecule has 0 aromatic heterocycles. The number of carbonyl (C=O) groups excluding carboxylic acids is 2. The minimum Gasteiger partial charge on any atom is -0.355 e. The Hall–Kier alpha value is -4.06. The van der Waals surface area contributed by atoms with Crippen LogP contribution in [0.15, 0.2) is 108 Å². The molecule has 242 valence electrons. The zero-order valence-corrected chi connectivity index (χ0v) is 26.9. The first-order valence-electron chi connectivity index (χ1n) is 14.1. The van der Waals surface area contributed by atoms with Gasteiger partial charge in [-0.25, -0.2) is 8.42 Å². The zero-order valence-electron chi connectivity index (χ0n) is 24.5. The number of benzene rings is 4. The topological polar surface area (TPSA) is 86.8 Å². The number of nitrogens with zero attached hydrogens (tertiary/aromatic N) is 2. The normalized spacial score (nSPS) is 12.3. The molecule has 0 aliphatic heterocycles. The molecule has 7 nitrogen and oxygen atoms in total. The van der Waals surface area contributed by atoms with Gasteiger partial charge >= 0.3 is 6.18 Å². The lowest BCUT2D eigenvalue weighted by Gasteiger charge is -2.34. The van der Waals surface area contributed by atoms with E-state index in [1.165, 1.54) is 29.2 Å². The molecule has 0 aliphatic rings. The molecule has 0 bridgehead atoms. The van der Waals surface area contributed by atoms with Crippen molar-refractivity contribution in [3.63, 3.8) is 0 Å². The first kappa shape index (κ1) is 34.8. The number of hydrogen-bond donors (Lipinski definition) is 1. The van der Waals surface area contributed by atoms with E-state index in [0.717, 1.165) is 12.1 Å². The van der Waals surface area contributed by atoms with E-state index < -0.39 is 51.9 Å². The van der Waals surface area contributed by atoms with Crippen molar-refractivity contribution < 1.29 is 31.2 Å². The highest BCUT2D eigenvalue weighted by Gasteiger charge is 2.37. The third kappa shape index (κ3) is 8.39. The number of nitrogens with one attached hydrogen (secondary N) is 1. The quantitative estimate of drug-likeness (QED) is 0.174. The van der Waals surface area contributed by atoms with E-state index >= 15 is 0 Å². The van der Waals surface area contributed by atoms with Crippen molar-refractivity contribution in [3.8, 4) is 0 Å². The first-order valence-corrected chi connectivity index (χ1v) is 16.3. The fourth-order valence-corrected chi connectivity index (χ4v) is 6.68. The molecule has 46 heavy (non-hydrogen) atoms. The minimum atomic E-state index is -4.83. The Morgan fingerprint density at radius 3 is 2.07 bits per heavy atom. The van der Waals surface area contributed by atoms with Crippen LogP contribution in [0.3, 0.4) is 0 Å². The van der Waals surface area contributed by atoms with Crippen molar-refractivity contribution in [2.24, 2.45) is 0 Å². The lowest BCUT2D eigenvalue weighted by Crippen LogP contribution is -2.53. The van der Waals surface area contributed by atoms with Gasteiger partial charge in [-0.3, -0.25) is 13.9 Å². The standard InChI is InChI=1S/C33H30Cl2F3N3O4S/c1-2-39-32(43)30(19-23-11-5-3-6-12-23)40(21-24-13-9-10-16-27(24)34)31(42)22-41(46(44,45)26-14-7-4-8-15-26)29-20-25(33(36,37)38)17-18-28(29)35/h3-18,20,30H,2,19,21-22H2,1H3,(H,39,43)/t30-/m0/s1. The Morgan fingerprint density at radius 2 is 1.46 bits per heavy atom. The highest BCUT2D eigenvalue weighted by molar-refractivity contribution is 7.92. The Bertz CT molecular complexity index is 1780. The maximum Gasteiger partial charge on any atom is 0.416 e. The number of anilines is 1. The summed E-state index contributed by atoms with van der Waals surface area (Å²) < 4.78 is 70.0. The van der Waals surface area contributed by atoms with E-state index in [1.54, 1.807) is 67.6 Å². The molecule has 4 aromatic carbocycles. The van der Waals surface area contributed by atoms with Crippen molar-refractivity contribution in [2.45, 2.75) is 37.0 Å². The van der Waals surface area contributed by atoms with Gasteiger partial charge in [-0.1, -0.05) is 89.9 Å². The fraction of sp³-hybridized carbons (Fsp3) is 0.212. The van der Waals surface area contributed by atoms with Crippen molar-refractivity contribution >= 4 is 50.7 Å². The first-order chi connectivity index (χ1) is 21.8. The number of likely N-dealkylation sites (N-methyl/N-ethyl adjacent to an activating group) is 1. The Morgan fingerprint density at radius 1 is 0.848 bits per heavy atom. The van der Waals surface area contributed by atoms with Crippen LogP contribution in [-0.4, -0.2) is 44.3 Å². The molecular weight excluding hydrogens is 662 g/mol. The van der Waals surface area contributed by atoms with Crippen LogP contribution in [0.5, 0.6) is 0 Å². The lowest BCUT2D eigenvalue weighted by atomic mass is 10.0. The third-order valence-electron chi connectivity index (χ3n) is 7.07. The number of hydrogen-bond acceptors (Lipinski definition) is 4. The summed E-state index contributed by atoms with van der Waals surface area (Å²) in [7, 11) is -4.66. The Labute approximate surface area is 275 Å². The summed E-state index contributed by atoms with van der Waals surface area (Å²) in [5.74, 6) is -1.39. The largest absolute Gasteiger partial charge is 0.416 e. The Balaban J connectivity index is 1.87. The molecule has 2 amide bonds. The molecule has 0 saturated carbocycles. The van der Waals surface area contributed by atoms with E-state index in [4.69, 9.17) is 23.2 Å². The summed E-state index contributed by atoms with van der Waals surface area (Å²) >= 11 is 12.8. The van der Waals surface area contributed by atoms with Crippen molar-refractivity contribution in [1.29, 1.82) is 0 Å². The maximum absolute atomic E-state index is 14.4. The monoisotopic (exact) mass is 691 g/mol.